The Bertz CT molecular complexity index is 796. The van der Waals surface area contributed by atoms with Gasteiger partial charge < -0.3 is 10.7 Å². The van der Waals surface area contributed by atoms with Crippen LogP contribution in [0.25, 0.3) is 11.2 Å². The molecule has 6 nitrogen and oxygen atoms in total. The standard InChI is InChI=1S/C14H15N5O.ClH/c1-8(9-5-3-2-4-6-9)7-10-16-11-12(17-10)18-14(15)19-13(11)20;/h2-6,8H,7H2,1H3,(H4,15,16,17,18,19,20);1H/t8-;/m0./s1. The highest BCUT2D eigenvalue weighted by atomic mass is 35.5. The van der Waals surface area contributed by atoms with Gasteiger partial charge in [0.2, 0.25) is 5.95 Å². The molecular formula is C14H16ClN5O. The van der Waals surface area contributed by atoms with Crippen molar-refractivity contribution in [1.82, 2.24) is 19.9 Å². The minimum atomic E-state index is -0.293. The molecule has 0 spiro atoms. The summed E-state index contributed by atoms with van der Waals surface area (Å²) in [5.41, 5.74) is 7.18. The summed E-state index contributed by atoms with van der Waals surface area (Å²) in [6, 6.07) is 10.2. The number of imidazole rings is 1. The maximum atomic E-state index is 11.7. The first kappa shape index (κ1) is 15.1. The quantitative estimate of drug-likeness (QED) is 0.689. The SMILES string of the molecule is C[C@@H](Cc1nc2nc(N)[nH]c(=O)c2[nH]1)c1ccccc1.Cl. The van der Waals surface area contributed by atoms with Crippen LogP contribution in [0.5, 0.6) is 0 Å². The van der Waals surface area contributed by atoms with Crippen LogP contribution >= 0.6 is 12.4 Å². The van der Waals surface area contributed by atoms with Gasteiger partial charge in [0, 0.05) is 6.42 Å². The monoisotopic (exact) mass is 305 g/mol. The molecule has 4 N–H and O–H groups in total. The lowest BCUT2D eigenvalue weighted by atomic mass is 9.98. The average molecular weight is 306 g/mol. The van der Waals surface area contributed by atoms with Crippen LogP contribution < -0.4 is 11.3 Å². The number of hydrogen-bond donors (Lipinski definition) is 3. The second-order valence-electron chi connectivity index (χ2n) is 4.85. The molecule has 21 heavy (non-hydrogen) atoms. The van der Waals surface area contributed by atoms with Crippen molar-refractivity contribution in [3.63, 3.8) is 0 Å². The third-order valence-corrected chi connectivity index (χ3v) is 3.30. The molecule has 0 aliphatic carbocycles. The Morgan fingerprint density at radius 3 is 2.62 bits per heavy atom. The number of nitrogen functional groups attached to an aromatic ring is 1. The van der Waals surface area contributed by atoms with E-state index in [1.807, 2.05) is 18.2 Å². The van der Waals surface area contributed by atoms with E-state index in [0.29, 0.717) is 23.5 Å². The van der Waals surface area contributed by atoms with Crippen LogP contribution in [0.1, 0.15) is 24.2 Å². The summed E-state index contributed by atoms with van der Waals surface area (Å²) in [5, 5.41) is 0. The number of hydrogen-bond acceptors (Lipinski definition) is 4. The van der Waals surface area contributed by atoms with Crippen LogP contribution in [0.15, 0.2) is 35.1 Å². The predicted octanol–water partition coefficient (Wildman–Crippen LogP) is 2.00. The largest absolute Gasteiger partial charge is 0.369 e. The van der Waals surface area contributed by atoms with Gasteiger partial charge in [-0.2, -0.15) is 4.98 Å². The number of nitrogens with zero attached hydrogens (tertiary/aromatic N) is 2. The Morgan fingerprint density at radius 1 is 1.19 bits per heavy atom. The number of H-pyrrole nitrogens is 2. The van der Waals surface area contributed by atoms with Crippen LogP contribution in [0.4, 0.5) is 5.95 Å². The van der Waals surface area contributed by atoms with Crippen molar-refractivity contribution in [2.24, 2.45) is 0 Å². The zero-order chi connectivity index (χ0) is 14.1. The molecule has 110 valence electrons. The molecule has 0 radical (unpaired) electrons. The summed E-state index contributed by atoms with van der Waals surface area (Å²) in [4.78, 5) is 25.5. The smallest absolute Gasteiger partial charge is 0.278 e. The van der Waals surface area contributed by atoms with Crippen molar-refractivity contribution in [3.05, 3.63) is 52.1 Å². The number of nitrogens with one attached hydrogen (secondary N) is 2. The maximum Gasteiger partial charge on any atom is 0.278 e. The second-order valence-corrected chi connectivity index (χ2v) is 4.85. The molecule has 0 saturated carbocycles. The lowest BCUT2D eigenvalue weighted by molar-refractivity contribution is 0.728. The van der Waals surface area contributed by atoms with Crippen LogP contribution in [0.2, 0.25) is 0 Å². The molecule has 1 aromatic carbocycles. The normalized spacial score (nSPS) is 12.0. The van der Waals surface area contributed by atoms with E-state index >= 15 is 0 Å². The minimum Gasteiger partial charge on any atom is -0.369 e. The molecule has 0 aliphatic rings. The molecule has 0 unspecified atom stereocenters. The molecule has 0 aliphatic heterocycles. The molecule has 0 bridgehead atoms. The van der Waals surface area contributed by atoms with E-state index in [4.69, 9.17) is 5.73 Å². The first-order valence-electron chi connectivity index (χ1n) is 6.43. The molecule has 7 heteroatoms. The number of benzene rings is 1. The highest BCUT2D eigenvalue weighted by molar-refractivity contribution is 5.85. The van der Waals surface area contributed by atoms with Crippen molar-refractivity contribution in [3.8, 4) is 0 Å². The van der Waals surface area contributed by atoms with Gasteiger partial charge in [-0.3, -0.25) is 9.78 Å². The highest BCUT2D eigenvalue weighted by Gasteiger charge is 2.12. The molecule has 2 aromatic heterocycles. The van der Waals surface area contributed by atoms with Gasteiger partial charge in [0.25, 0.3) is 5.56 Å². The van der Waals surface area contributed by atoms with Gasteiger partial charge in [0.05, 0.1) is 0 Å². The second kappa shape index (κ2) is 5.97. The molecule has 0 fully saturated rings. The number of aromatic nitrogens is 4. The predicted molar refractivity (Wildman–Crippen MR) is 84.7 cm³/mol. The number of rotatable bonds is 3. The van der Waals surface area contributed by atoms with Crippen LogP contribution in [0, 0.1) is 0 Å². The maximum absolute atomic E-state index is 11.7. The van der Waals surface area contributed by atoms with Gasteiger partial charge in [-0.15, -0.1) is 12.4 Å². The zero-order valence-corrected chi connectivity index (χ0v) is 12.3. The van der Waals surface area contributed by atoms with Crippen molar-refractivity contribution >= 4 is 29.5 Å². The summed E-state index contributed by atoms with van der Waals surface area (Å²) in [5.74, 6) is 1.12. The lowest BCUT2D eigenvalue weighted by Crippen LogP contribution is -2.10. The molecule has 3 rings (SSSR count). The third-order valence-electron chi connectivity index (χ3n) is 3.30. The Morgan fingerprint density at radius 2 is 1.90 bits per heavy atom. The van der Waals surface area contributed by atoms with Crippen molar-refractivity contribution in [2.45, 2.75) is 19.3 Å². The molecular weight excluding hydrogens is 290 g/mol. The number of aromatic amines is 2. The van der Waals surface area contributed by atoms with Gasteiger partial charge >= 0.3 is 0 Å². The molecule has 3 aromatic rings. The number of halogens is 1. The molecule has 1 atom stereocenters. The Kier molecular flexibility index (Phi) is 4.28. The van der Waals surface area contributed by atoms with Gasteiger partial charge in [-0.1, -0.05) is 37.3 Å². The first-order chi connectivity index (χ1) is 9.63. The molecule has 0 saturated heterocycles. The van der Waals surface area contributed by atoms with E-state index < -0.39 is 0 Å². The number of fused-ring (bicyclic) bond motifs is 1. The fourth-order valence-electron chi connectivity index (χ4n) is 2.26. The topological polar surface area (TPSA) is 100 Å². The summed E-state index contributed by atoms with van der Waals surface area (Å²) in [7, 11) is 0. The van der Waals surface area contributed by atoms with Gasteiger partial charge in [-0.25, -0.2) is 4.98 Å². The Balaban J connectivity index is 0.00000161. The van der Waals surface area contributed by atoms with Crippen LogP contribution in [0.3, 0.4) is 0 Å². The number of anilines is 1. The Labute approximate surface area is 127 Å². The fourth-order valence-corrected chi connectivity index (χ4v) is 2.26. The zero-order valence-electron chi connectivity index (χ0n) is 11.5. The van der Waals surface area contributed by atoms with E-state index in [1.165, 1.54) is 5.56 Å². The van der Waals surface area contributed by atoms with Crippen LogP contribution in [-0.4, -0.2) is 19.9 Å². The van der Waals surface area contributed by atoms with Crippen molar-refractivity contribution < 1.29 is 0 Å². The summed E-state index contributed by atoms with van der Waals surface area (Å²) >= 11 is 0. The van der Waals surface area contributed by atoms with Crippen molar-refractivity contribution in [2.75, 3.05) is 5.73 Å². The molecule has 0 amide bonds. The highest BCUT2D eigenvalue weighted by Crippen LogP contribution is 2.19. The van der Waals surface area contributed by atoms with Gasteiger partial charge in [-0.05, 0) is 11.5 Å². The van der Waals surface area contributed by atoms with Crippen molar-refractivity contribution in [1.29, 1.82) is 0 Å². The minimum absolute atomic E-state index is 0. The van der Waals surface area contributed by atoms with E-state index in [2.05, 4.69) is 39.0 Å². The average Bonchev–Trinajstić information content (AvgIpc) is 2.82. The van der Waals surface area contributed by atoms with Gasteiger partial charge in [0.1, 0.15) is 5.82 Å². The summed E-state index contributed by atoms with van der Waals surface area (Å²) < 4.78 is 0. The van der Waals surface area contributed by atoms with E-state index in [1.54, 1.807) is 0 Å². The number of nitrogens with two attached hydrogens (primary N) is 1. The summed E-state index contributed by atoms with van der Waals surface area (Å²) in [6.45, 7) is 2.12. The fraction of sp³-hybridized carbons (Fsp3) is 0.214. The third kappa shape index (κ3) is 3.05. The summed E-state index contributed by atoms with van der Waals surface area (Å²) in [6.07, 6.45) is 0.708. The molecule has 2 heterocycles. The van der Waals surface area contributed by atoms with Gasteiger partial charge in [0.15, 0.2) is 11.2 Å². The van der Waals surface area contributed by atoms with E-state index in [9.17, 15) is 4.79 Å². The lowest BCUT2D eigenvalue weighted by Gasteiger charge is -2.09. The van der Waals surface area contributed by atoms with E-state index in [0.717, 1.165) is 5.82 Å². The van der Waals surface area contributed by atoms with Crippen LogP contribution in [-0.2, 0) is 6.42 Å². The first-order valence-corrected chi connectivity index (χ1v) is 6.43. The van der Waals surface area contributed by atoms with E-state index in [-0.39, 0.29) is 23.9 Å². The Hall–Kier alpha value is -2.34.